The van der Waals surface area contributed by atoms with Gasteiger partial charge in [-0.15, -0.1) is 0 Å². The molecular weight excluding hydrogens is 258 g/mol. The zero-order chi connectivity index (χ0) is 13.4. The summed E-state index contributed by atoms with van der Waals surface area (Å²) in [5.41, 5.74) is 7.20. The summed E-state index contributed by atoms with van der Waals surface area (Å²) in [5.74, 6) is 1.61. The molecule has 3 N–H and O–H groups in total. The molecule has 1 aliphatic carbocycles. The number of nitrogen functional groups attached to an aromatic ring is 1. The SMILES string of the molecule is CN(c1cccc(C(=N)N)c1)c1nc(C2CC2)ns1. The van der Waals surface area contributed by atoms with Crippen molar-refractivity contribution in [2.24, 2.45) is 5.73 Å². The lowest BCUT2D eigenvalue weighted by Gasteiger charge is -2.16. The fourth-order valence-electron chi connectivity index (χ4n) is 1.86. The molecule has 5 nitrogen and oxygen atoms in total. The second-order valence-corrected chi connectivity index (χ2v) is 5.46. The summed E-state index contributed by atoms with van der Waals surface area (Å²) in [4.78, 5) is 6.55. The molecular formula is C13H15N5S. The average Bonchev–Trinajstić information content (AvgIpc) is 3.16. The van der Waals surface area contributed by atoms with Crippen molar-refractivity contribution in [2.45, 2.75) is 18.8 Å². The van der Waals surface area contributed by atoms with E-state index in [1.165, 1.54) is 24.4 Å². The van der Waals surface area contributed by atoms with Gasteiger partial charge in [0.2, 0.25) is 5.13 Å². The topological polar surface area (TPSA) is 78.9 Å². The van der Waals surface area contributed by atoms with E-state index in [-0.39, 0.29) is 5.84 Å². The summed E-state index contributed by atoms with van der Waals surface area (Å²) in [6.07, 6.45) is 2.42. The highest BCUT2D eigenvalue weighted by Crippen LogP contribution is 2.40. The molecule has 1 aliphatic rings. The molecule has 19 heavy (non-hydrogen) atoms. The van der Waals surface area contributed by atoms with Crippen LogP contribution >= 0.6 is 11.5 Å². The van der Waals surface area contributed by atoms with Crippen LogP contribution in [0.2, 0.25) is 0 Å². The lowest BCUT2D eigenvalue weighted by molar-refractivity contribution is 0.976. The monoisotopic (exact) mass is 273 g/mol. The van der Waals surface area contributed by atoms with E-state index in [0.29, 0.717) is 5.92 Å². The molecule has 0 bridgehead atoms. The summed E-state index contributed by atoms with van der Waals surface area (Å²) in [5, 5.41) is 8.36. The Morgan fingerprint density at radius 2 is 2.26 bits per heavy atom. The Hall–Kier alpha value is -1.95. The Bertz CT molecular complexity index is 617. The average molecular weight is 273 g/mol. The van der Waals surface area contributed by atoms with E-state index in [0.717, 1.165) is 22.2 Å². The van der Waals surface area contributed by atoms with Crippen LogP contribution in [0.3, 0.4) is 0 Å². The first kappa shape index (κ1) is 12.1. The van der Waals surface area contributed by atoms with Crippen LogP contribution in [0.1, 0.15) is 30.1 Å². The fourth-order valence-corrected chi connectivity index (χ4v) is 2.59. The number of nitrogens with zero attached hydrogens (tertiary/aromatic N) is 3. The predicted molar refractivity (Wildman–Crippen MR) is 77.4 cm³/mol. The Balaban J connectivity index is 1.87. The number of benzene rings is 1. The Morgan fingerprint density at radius 1 is 1.47 bits per heavy atom. The Kier molecular flexibility index (Phi) is 2.94. The van der Waals surface area contributed by atoms with Gasteiger partial charge in [0, 0.05) is 35.7 Å². The first-order chi connectivity index (χ1) is 9.15. The van der Waals surface area contributed by atoms with Gasteiger partial charge in [-0.3, -0.25) is 5.41 Å². The first-order valence-corrected chi connectivity index (χ1v) is 6.94. The van der Waals surface area contributed by atoms with E-state index in [4.69, 9.17) is 11.1 Å². The molecule has 3 rings (SSSR count). The number of nitrogens with one attached hydrogen (secondary N) is 1. The second-order valence-electron chi connectivity index (χ2n) is 4.73. The fraction of sp³-hybridized carbons (Fsp3) is 0.308. The highest BCUT2D eigenvalue weighted by molar-refractivity contribution is 7.09. The first-order valence-electron chi connectivity index (χ1n) is 6.17. The molecule has 0 aliphatic heterocycles. The number of nitrogens with two attached hydrogens (primary N) is 1. The third-order valence-electron chi connectivity index (χ3n) is 3.20. The molecule has 98 valence electrons. The minimum Gasteiger partial charge on any atom is -0.384 e. The van der Waals surface area contributed by atoms with Gasteiger partial charge in [0.1, 0.15) is 11.7 Å². The van der Waals surface area contributed by atoms with Crippen molar-refractivity contribution in [3.63, 3.8) is 0 Å². The van der Waals surface area contributed by atoms with Crippen LogP contribution in [0, 0.1) is 5.41 Å². The van der Waals surface area contributed by atoms with Crippen molar-refractivity contribution in [3.05, 3.63) is 35.7 Å². The molecule has 1 aromatic carbocycles. The molecule has 1 saturated carbocycles. The van der Waals surface area contributed by atoms with Crippen LogP contribution in [0.15, 0.2) is 24.3 Å². The number of rotatable bonds is 4. The summed E-state index contributed by atoms with van der Waals surface area (Å²) >= 11 is 1.41. The summed E-state index contributed by atoms with van der Waals surface area (Å²) in [6, 6.07) is 7.59. The summed E-state index contributed by atoms with van der Waals surface area (Å²) < 4.78 is 4.40. The Labute approximate surface area is 115 Å². The zero-order valence-corrected chi connectivity index (χ0v) is 11.4. The molecule has 0 saturated heterocycles. The van der Waals surface area contributed by atoms with Crippen molar-refractivity contribution in [3.8, 4) is 0 Å². The van der Waals surface area contributed by atoms with Crippen molar-refractivity contribution >= 4 is 28.2 Å². The molecule has 1 fully saturated rings. The van der Waals surface area contributed by atoms with Gasteiger partial charge in [-0.25, -0.2) is 4.98 Å². The zero-order valence-electron chi connectivity index (χ0n) is 10.6. The minimum absolute atomic E-state index is 0.0752. The van der Waals surface area contributed by atoms with E-state index >= 15 is 0 Å². The van der Waals surface area contributed by atoms with Gasteiger partial charge < -0.3 is 10.6 Å². The molecule has 1 heterocycles. The summed E-state index contributed by atoms with van der Waals surface area (Å²) in [6.45, 7) is 0. The maximum absolute atomic E-state index is 7.48. The van der Waals surface area contributed by atoms with E-state index < -0.39 is 0 Å². The van der Waals surface area contributed by atoms with E-state index in [2.05, 4.69) is 9.36 Å². The second kappa shape index (κ2) is 4.62. The number of hydrogen-bond donors (Lipinski definition) is 2. The molecule has 2 aromatic rings. The van der Waals surface area contributed by atoms with Crippen LogP contribution < -0.4 is 10.6 Å². The number of anilines is 2. The highest BCUT2D eigenvalue weighted by atomic mass is 32.1. The largest absolute Gasteiger partial charge is 0.384 e. The van der Waals surface area contributed by atoms with Crippen LogP contribution in [0.4, 0.5) is 10.8 Å². The van der Waals surface area contributed by atoms with Crippen molar-refractivity contribution in [1.29, 1.82) is 5.41 Å². The summed E-state index contributed by atoms with van der Waals surface area (Å²) in [7, 11) is 1.95. The maximum Gasteiger partial charge on any atom is 0.209 e. The van der Waals surface area contributed by atoms with Crippen LogP contribution in [0.5, 0.6) is 0 Å². The standard InChI is InChI=1S/C13H15N5S/c1-18(10-4-2-3-9(7-10)11(14)15)13-16-12(17-19-13)8-5-6-8/h2-4,7-8H,5-6H2,1H3,(H3,14,15). The smallest absolute Gasteiger partial charge is 0.209 e. The van der Waals surface area contributed by atoms with Gasteiger partial charge in [-0.05, 0) is 25.0 Å². The third-order valence-corrected chi connectivity index (χ3v) is 4.01. The number of hydrogen-bond acceptors (Lipinski definition) is 5. The lowest BCUT2D eigenvalue weighted by atomic mass is 10.2. The normalized spacial score (nSPS) is 14.4. The molecule has 0 amide bonds. The molecule has 0 radical (unpaired) electrons. The van der Waals surface area contributed by atoms with Crippen molar-refractivity contribution < 1.29 is 0 Å². The molecule has 1 aromatic heterocycles. The van der Waals surface area contributed by atoms with Gasteiger partial charge in [0.25, 0.3) is 0 Å². The van der Waals surface area contributed by atoms with Crippen LogP contribution in [0.25, 0.3) is 0 Å². The van der Waals surface area contributed by atoms with E-state index in [1.807, 2.05) is 36.2 Å². The predicted octanol–water partition coefficient (Wildman–Crippen LogP) is 2.47. The number of amidine groups is 1. The molecule has 0 unspecified atom stereocenters. The molecule has 6 heteroatoms. The lowest BCUT2D eigenvalue weighted by Crippen LogP contribution is -2.13. The molecule has 0 spiro atoms. The maximum atomic E-state index is 7.48. The Morgan fingerprint density at radius 3 is 2.95 bits per heavy atom. The van der Waals surface area contributed by atoms with Gasteiger partial charge in [0.15, 0.2) is 0 Å². The van der Waals surface area contributed by atoms with E-state index in [1.54, 1.807) is 0 Å². The van der Waals surface area contributed by atoms with Crippen molar-refractivity contribution in [1.82, 2.24) is 9.36 Å². The molecule has 0 atom stereocenters. The highest BCUT2D eigenvalue weighted by Gasteiger charge is 2.28. The minimum atomic E-state index is 0.0752. The van der Waals surface area contributed by atoms with Gasteiger partial charge in [-0.1, -0.05) is 12.1 Å². The quantitative estimate of drug-likeness (QED) is 0.662. The van der Waals surface area contributed by atoms with Crippen molar-refractivity contribution in [2.75, 3.05) is 11.9 Å². The van der Waals surface area contributed by atoms with E-state index in [9.17, 15) is 0 Å². The van der Waals surface area contributed by atoms with Gasteiger partial charge in [0.05, 0.1) is 0 Å². The van der Waals surface area contributed by atoms with Crippen LogP contribution in [-0.2, 0) is 0 Å². The van der Waals surface area contributed by atoms with Crippen LogP contribution in [-0.4, -0.2) is 22.2 Å². The van der Waals surface area contributed by atoms with Gasteiger partial charge in [-0.2, -0.15) is 4.37 Å². The third kappa shape index (κ3) is 2.44. The number of aromatic nitrogens is 2. The van der Waals surface area contributed by atoms with Gasteiger partial charge >= 0.3 is 0 Å².